The van der Waals surface area contributed by atoms with Crippen LogP contribution in [0.1, 0.15) is 90.9 Å². The van der Waals surface area contributed by atoms with E-state index in [4.69, 9.17) is 14.2 Å². The number of halogens is 2. The summed E-state index contributed by atoms with van der Waals surface area (Å²) >= 11 is 4.83. The molecule has 0 saturated heterocycles. The van der Waals surface area contributed by atoms with Gasteiger partial charge in [-0.05, 0) is 51.4 Å². The Kier molecular flexibility index (Phi) is 25.8. The smallest absolute Gasteiger partial charge is 0.149 e. The van der Waals surface area contributed by atoms with Crippen LogP contribution in [0.2, 0.25) is 0 Å². The van der Waals surface area contributed by atoms with E-state index in [1.165, 1.54) is 34.5 Å². The van der Waals surface area contributed by atoms with E-state index in [2.05, 4.69) is 83.3 Å². The Morgan fingerprint density at radius 2 is 1.03 bits per heavy atom. The summed E-state index contributed by atoms with van der Waals surface area (Å²) in [5.41, 5.74) is 0. The fourth-order valence-electron chi connectivity index (χ4n) is 2.97. The van der Waals surface area contributed by atoms with Crippen molar-refractivity contribution >= 4 is 45.2 Å². The first-order chi connectivity index (χ1) is 14.3. The van der Waals surface area contributed by atoms with Gasteiger partial charge in [-0.3, -0.25) is 0 Å². The fraction of sp³-hybridized carbons (Fsp3) is 0.833. The van der Waals surface area contributed by atoms with Crippen molar-refractivity contribution in [1.82, 2.24) is 0 Å². The van der Waals surface area contributed by atoms with Crippen molar-refractivity contribution in [3.63, 3.8) is 0 Å². The van der Waals surface area contributed by atoms with Gasteiger partial charge in [-0.2, -0.15) is 0 Å². The molecule has 0 aliphatic carbocycles. The molecule has 0 heterocycles. The maximum absolute atomic E-state index is 5.99. The number of hydrogen-bond donors (Lipinski definition) is 0. The van der Waals surface area contributed by atoms with Crippen molar-refractivity contribution in [2.24, 2.45) is 0 Å². The molecule has 0 radical (unpaired) electrons. The highest BCUT2D eigenvalue weighted by Crippen LogP contribution is 2.14. The van der Waals surface area contributed by atoms with Crippen molar-refractivity contribution < 1.29 is 14.2 Å². The molecule has 0 bridgehead atoms. The molecule has 0 amide bonds. The Labute approximate surface area is 208 Å². The average molecular weight is 634 g/mol. The molecular weight excluding hydrogens is 590 g/mol. The van der Waals surface area contributed by atoms with E-state index in [0.717, 1.165) is 51.4 Å². The number of unbranched alkanes of at least 4 members (excludes halogenated alkanes) is 2. The summed E-state index contributed by atoms with van der Waals surface area (Å²) in [7, 11) is 0. The van der Waals surface area contributed by atoms with Crippen LogP contribution in [0.4, 0.5) is 0 Å². The van der Waals surface area contributed by atoms with Gasteiger partial charge in [0.1, 0.15) is 13.6 Å². The van der Waals surface area contributed by atoms with Gasteiger partial charge in [-0.25, -0.2) is 0 Å². The molecule has 0 aliphatic rings. The molecule has 29 heavy (non-hydrogen) atoms. The summed E-state index contributed by atoms with van der Waals surface area (Å²) < 4.78 is 20.0. The minimum atomic E-state index is 0.290. The Morgan fingerprint density at radius 1 is 0.621 bits per heavy atom. The molecule has 172 valence electrons. The summed E-state index contributed by atoms with van der Waals surface area (Å²) in [6.07, 6.45) is 23.4. The van der Waals surface area contributed by atoms with E-state index in [1.54, 1.807) is 0 Å². The summed E-state index contributed by atoms with van der Waals surface area (Å²) in [5.74, 6) is 0. The Morgan fingerprint density at radius 3 is 1.41 bits per heavy atom. The molecule has 2 unspecified atom stereocenters. The van der Waals surface area contributed by atoms with Gasteiger partial charge in [0, 0.05) is 8.86 Å². The van der Waals surface area contributed by atoms with Crippen LogP contribution in [0.25, 0.3) is 0 Å². The lowest BCUT2D eigenvalue weighted by molar-refractivity contribution is -0.167. The van der Waals surface area contributed by atoms with Gasteiger partial charge < -0.3 is 14.2 Å². The molecule has 0 aromatic heterocycles. The van der Waals surface area contributed by atoms with E-state index >= 15 is 0 Å². The van der Waals surface area contributed by atoms with Crippen LogP contribution in [0.15, 0.2) is 24.3 Å². The van der Waals surface area contributed by atoms with E-state index in [9.17, 15) is 0 Å². The number of hydrogen-bond acceptors (Lipinski definition) is 3. The highest BCUT2D eigenvalue weighted by atomic mass is 127. The Hall–Kier alpha value is 0.820. The third-order valence-electron chi connectivity index (χ3n) is 4.73. The zero-order valence-electron chi connectivity index (χ0n) is 18.8. The molecule has 0 N–H and O–H groups in total. The SMILES string of the molecule is CCCCC(CCC=CCCI)OCOCOC(CCC=CCCI)CCCC. The van der Waals surface area contributed by atoms with Gasteiger partial charge in [0.25, 0.3) is 0 Å². The topological polar surface area (TPSA) is 27.7 Å². The fourth-order valence-corrected chi connectivity index (χ4v) is 3.69. The predicted molar refractivity (Wildman–Crippen MR) is 143 cm³/mol. The second-order valence-electron chi connectivity index (χ2n) is 7.35. The highest BCUT2D eigenvalue weighted by molar-refractivity contribution is 14.1. The highest BCUT2D eigenvalue weighted by Gasteiger charge is 2.10. The lowest BCUT2D eigenvalue weighted by Crippen LogP contribution is -2.19. The van der Waals surface area contributed by atoms with Gasteiger partial charge >= 0.3 is 0 Å². The third kappa shape index (κ3) is 21.8. The van der Waals surface area contributed by atoms with Crippen LogP contribution in [0, 0.1) is 0 Å². The zero-order chi connectivity index (χ0) is 21.4. The van der Waals surface area contributed by atoms with Crippen molar-refractivity contribution in [2.75, 3.05) is 22.4 Å². The van der Waals surface area contributed by atoms with Crippen molar-refractivity contribution in [2.45, 2.75) is 103 Å². The molecule has 0 aliphatic heterocycles. The van der Waals surface area contributed by atoms with Crippen molar-refractivity contribution in [3.05, 3.63) is 24.3 Å². The number of ether oxygens (including phenoxy) is 3. The third-order valence-corrected chi connectivity index (χ3v) is 5.97. The number of allylic oxidation sites excluding steroid dienone is 4. The monoisotopic (exact) mass is 634 g/mol. The minimum Gasteiger partial charge on any atom is -0.352 e. The first-order valence-corrected chi connectivity index (χ1v) is 14.6. The maximum atomic E-state index is 5.99. The summed E-state index contributed by atoms with van der Waals surface area (Å²) in [6, 6.07) is 0. The molecule has 0 spiro atoms. The van der Waals surface area contributed by atoms with Crippen LogP contribution in [-0.2, 0) is 14.2 Å². The van der Waals surface area contributed by atoms with Crippen molar-refractivity contribution in [1.29, 1.82) is 0 Å². The largest absolute Gasteiger partial charge is 0.352 e. The van der Waals surface area contributed by atoms with Gasteiger partial charge in [0.2, 0.25) is 0 Å². The second-order valence-corrected chi connectivity index (χ2v) is 9.51. The molecule has 0 aromatic carbocycles. The van der Waals surface area contributed by atoms with E-state index < -0.39 is 0 Å². The molecule has 3 nitrogen and oxygen atoms in total. The Bertz CT molecular complexity index is 341. The number of rotatable bonds is 22. The summed E-state index contributed by atoms with van der Waals surface area (Å²) in [5, 5.41) is 0. The molecule has 0 saturated carbocycles. The molecule has 0 aromatic rings. The minimum absolute atomic E-state index is 0.290. The van der Waals surface area contributed by atoms with E-state index in [-0.39, 0.29) is 12.2 Å². The average Bonchev–Trinajstić information content (AvgIpc) is 2.73. The quantitative estimate of drug-likeness (QED) is 0.0394. The predicted octanol–water partition coefficient (Wildman–Crippen LogP) is 8.39. The van der Waals surface area contributed by atoms with Crippen molar-refractivity contribution in [3.8, 4) is 0 Å². The van der Waals surface area contributed by atoms with Gasteiger partial charge in [0.15, 0.2) is 0 Å². The van der Waals surface area contributed by atoms with Crippen LogP contribution in [-0.4, -0.2) is 34.6 Å². The molecule has 2 atom stereocenters. The summed E-state index contributed by atoms with van der Waals surface area (Å²) in [4.78, 5) is 0. The normalized spacial score (nSPS) is 14.2. The van der Waals surface area contributed by atoms with Crippen LogP contribution in [0.3, 0.4) is 0 Å². The van der Waals surface area contributed by atoms with Gasteiger partial charge in [0.05, 0.1) is 12.2 Å². The second kappa shape index (κ2) is 25.1. The first-order valence-electron chi connectivity index (χ1n) is 11.5. The lowest BCUT2D eigenvalue weighted by Gasteiger charge is -2.19. The molecule has 0 fully saturated rings. The lowest BCUT2D eigenvalue weighted by atomic mass is 10.1. The number of alkyl halides is 2. The molecular formula is C24H44I2O3. The zero-order valence-corrected chi connectivity index (χ0v) is 23.1. The maximum Gasteiger partial charge on any atom is 0.149 e. The molecule has 5 heteroatoms. The first kappa shape index (κ1) is 29.8. The van der Waals surface area contributed by atoms with Crippen LogP contribution in [0.5, 0.6) is 0 Å². The van der Waals surface area contributed by atoms with Crippen LogP contribution < -0.4 is 0 Å². The molecule has 0 rings (SSSR count). The van der Waals surface area contributed by atoms with E-state index in [0.29, 0.717) is 13.6 Å². The Balaban J connectivity index is 4.06. The van der Waals surface area contributed by atoms with Gasteiger partial charge in [-0.1, -0.05) is 109 Å². The standard InChI is InChI=1S/C24H44I2O3/c1-3-5-15-23(17-11-7-9-13-19-25)28-21-27-22-29-24(16-6-4-2)18-12-8-10-14-20-26/h7-10,23-24H,3-6,11-22H2,1-2H3. The summed E-state index contributed by atoms with van der Waals surface area (Å²) in [6.45, 7) is 5.13. The van der Waals surface area contributed by atoms with Crippen LogP contribution >= 0.6 is 45.2 Å². The van der Waals surface area contributed by atoms with Gasteiger partial charge in [-0.15, -0.1) is 0 Å². The van der Waals surface area contributed by atoms with E-state index in [1.807, 2.05) is 0 Å².